The van der Waals surface area contributed by atoms with Gasteiger partial charge in [-0.05, 0) is 52.3 Å². The lowest BCUT2D eigenvalue weighted by molar-refractivity contribution is -0.881. The van der Waals surface area contributed by atoms with Gasteiger partial charge in [-0.1, -0.05) is 6.07 Å². The number of carbonyl (C=O) groups is 2. The Labute approximate surface area is 161 Å². The van der Waals surface area contributed by atoms with Gasteiger partial charge in [0.05, 0.1) is 12.6 Å². The average molecular weight is 378 g/mol. The standard InChI is InChI=1S/C20H31N3O4/c1-6-23(13-19(25)22-20(3,4)5)12-18(24)21-14(2)15-7-8-16-17(11-15)27-10-9-26-16/h7-8,11,14H,6,9-10,12-13H2,1-5H3,(H,21,24)(H,22,25)/p+1/t14-/m1/s1. The van der Waals surface area contributed by atoms with Crippen LogP contribution in [-0.4, -0.2) is 50.2 Å². The van der Waals surface area contributed by atoms with E-state index in [4.69, 9.17) is 9.47 Å². The molecule has 0 bridgehead atoms. The number of nitrogens with one attached hydrogen (secondary N) is 3. The van der Waals surface area contributed by atoms with Gasteiger partial charge in [-0.2, -0.15) is 0 Å². The zero-order valence-electron chi connectivity index (χ0n) is 17.0. The van der Waals surface area contributed by atoms with E-state index in [1.165, 1.54) is 0 Å². The fraction of sp³-hybridized carbons (Fsp3) is 0.600. The molecule has 0 radical (unpaired) electrons. The van der Waals surface area contributed by atoms with E-state index in [2.05, 4.69) is 10.6 Å². The molecule has 7 heteroatoms. The van der Waals surface area contributed by atoms with Crippen molar-refractivity contribution in [2.24, 2.45) is 0 Å². The topological polar surface area (TPSA) is 81.1 Å². The molecule has 1 unspecified atom stereocenters. The van der Waals surface area contributed by atoms with Gasteiger partial charge in [0.1, 0.15) is 13.2 Å². The smallest absolute Gasteiger partial charge is 0.275 e. The SMILES string of the molecule is CC[NH+](CC(=O)N[C@H](C)c1ccc2c(c1)OCCO2)CC(=O)NC(C)(C)C. The van der Waals surface area contributed by atoms with E-state index in [-0.39, 0.29) is 36.5 Å². The number of hydrogen-bond acceptors (Lipinski definition) is 4. The molecule has 1 aliphatic heterocycles. The molecule has 7 nitrogen and oxygen atoms in total. The van der Waals surface area contributed by atoms with Gasteiger partial charge in [0, 0.05) is 5.54 Å². The zero-order chi connectivity index (χ0) is 20.0. The van der Waals surface area contributed by atoms with Crippen molar-refractivity contribution in [1.29, 1.82) is 0 Å². The molecule has 0 fully saturated rings. The minimum absolute atomic E-state index is 0.0490. The van der Waals surface area contributed by atoms with E-state index in [0.717, 1.165) is 16.2 Å². The van der Waals surface area contributed by atoms with Crippen LogP contribution in [0.1, 0.15) is 46.2 Å². The summed E-state index contributed by atoms with van der Waals surface area (Å²) in [7, 11) is 0. The predicted molar refractivity (Wildman–Crippen MR) is 103 cm³/mol. The molecule has 0 aromatic heterocycles. The normalized spacial score (nSPS) is 15.6. The molecule has 150 valence electrons. The van der Waals surface area contributed by atoms with Gasteiger partial charge in [0.2, 0.25) is 0 Å². The Balaban J connectivity index is 1.88. The molecule has 1 aliphatic rings. The Kier molecular flexibility index (Phi) is 7.07. The number of fused-ring (bicyclic) bond motifs is 1. The van der Waals surface area contributed by atoms with Crippen LogP contribution in [0.4, 0.5) is 0 Å². The zero-order valence-corrected chi connectivity index (χ0v) is 17.0. The number of quaternary nitrogens is 1. The highest BCUT2D eigenvalue weighted by Crippen LogP contribution is 2.32. The van der Waals surface area contributed by atoms with Crippen LogP contribution in [0.25, 0.3) is 0 Å². The van der Waals surface area contributed by atoms with E-state index in [0.29, 0.717) is 25.5 Å². The molecular formula is C20H32N3O4+. The van der Waals surface area contributed by atoms with Crippen LogP contribution in [0.3, 0.4) is 0 Å². The maximum absolute atomic E-state index is 12.4. The number of likely N-dealkylation sites (N-methyl/N-ethyl adjacent to an activating group) is 1. The molecule has 2 rings (SSSR count). The Bertz CT molecular complexity index is 670. The summed E-state index contributed by atoms with van der Waals surface area (Å²) in [6, 6.07) is 5.54. The fourth-order valence-electron chi connectivity index (χ4n) is 2.93. The first-order valence-electron chi connectivity index (χ1n) is 9.51. The van der Waals surface area contributed by atoms with Crippen molar-refractivity contribution >= 4 is 11.8 Å². The molecule has 1 aromatic rings. The van der Waals surface area contributed by atoms with Crippen molar-refractivity contribution in [3.63, 3.8) is 0 Å². The molecule has 3 N–H and O–H groups in total. The Hall–Kier alpha value is -2.28. The van der Waals surface area contributed by atoms with E-state index < -0.39 is 0 Å². The minimum Gasteiger partial charge on any atom is -0.486 e. The van der Waals surface area contributed by atoms with Crippen molar-refractivity contribution in [3.05, 3.63) is 23.8 Å². The molecule has 27 heavy (non-hydrogen) atoms. The summed E-state index contributed by atoms with van der Waals surface area (Å²) < 4.78 is 11.1. The molecule has 0 aliphatic carbocycles. The molecule has 0 saturated heterocycles. The van der Waals surface area contributed by atoms with Gasteiger partial charge in [-0.3, -0.25) is 9.59 Å². The Morgan fingerprint density at radius 2 is 1.74 bits per heavy atom. The second-order valence-electron chi connectivity index (χ2n) is 7.95. The third kappa shape index (κ3) is 6.75. The fourth-order valence-corrected chi connectivity index (χ4v) is 2.93. The lowest BCUT2D eigenvalue weighted by atomic mass is 10.1. The number of carbonyl (C=O) groups excluding carboxylic acids is 2. The van der Waals surface area contributed by atoms with Gasteiger partial charge >= 0.3 is 0 Å². The molecule has 2 atom stereocenters. The van der Waals surface area contributed by atoms with Crippen molar-refractivity contribution in [2.75, 3.05) is 32.8 Å². The van der Waals surface area contributed by atoms with Crippen molar-refractivity contribution < 1.29 is 24.0 Å². The number of benzene rings is 1. The molecule has 1 heterocycles. The average Bonchev–Trinajstić information content (AvgIpc) is 2.58. The quantitative estimate of drug-likeness (QED) is 0.644. The van der Waals surface area contributed by atoms with E-state index >= 15 is 0 Å². The summed E-state index contributed by atoms with van der Waals surface area (Å²) in [5.74, 6) is 1.30. The van der Waals surface area contributed by atoms with Crippen molar-refractivity contribution in [2.45, 2.75) is 46.2 Å². The number of rotatable bonds is 7. The Morgan fingerprint density at radius 3 is 2.37 bits per heavy atom. The molecule has 0 saturated carbocycles. The van der Waals surface area contributed by atoms with E-state index in [9.17, 15) is 9.59 Å². The number of ether oxygens (including phenoxy) is 2. The summed E-state index contributed by atoms with van der Waals surface area (Å²) in [5.41, 5.74) is 0.682. The molecule has 0 spiro atoms. The summed E-state index contributed by atoms with van der Waals surface area (Å²) in [6.45, 7) is 12.0. The van der Waals surface area contributed by atoms with Crippen LogP contribution < -0.4 is 25.0 Å². The van der Waals surface area contributed by atoms with Crippen LogP contribution in [0.15, 0.2) is 18.2 Å². The third-order valence-corrected chi connectivity index (χ3v) is 4.28. The van der Waals surface area contributed by atoms with Crippen LogP contribution in [-0.2, 0) is 9.59 Å². The first kappa shape index (κ1) is 21.0. The van der Waals surface area contributed by atoms with E-state index in [1.54, 1.807) is 0 Å². The highest BCUT2D eigenvalue weighted by Gasteiger charge is 2.22. The van der Waals surface area contributed by atoms with Crippen LogP contribution >= 0.6 is 0 Å². The lowest BCUT2D eigenvalue weighted by Gasteiger charge is -2.24. The molecule has 2 amide bonds. The highest BCUT2D eigenvalue weighted by atomic mass is 16.6. The van der Waals surface area contributed by atoms with Gasteiger partial charge in [0.15, 0.2) is 24.6 Å². The molecular weight excluding hydrogens is 346 g/mol. The number of hydrogen-bond donors (Lipinski definition) is 3. The number of amides is 2. The second-order valence-corrected chi connectivity index (χ2v) is 7.95. The maximum atomic E-state index is 12.4. The largest absolute Gasteiger partial charge is 0.486 e. The maximum Gasteiger partial charge on any atom is 0.275 e. The van der Waals surface area contributed by atoms with Gasteiger partial charge in [0.25, 0.3) is 11.8 Å². The first-order chi connectivity index (χ1) is 12.7. The second kappa shape index (κ2) is 9.08. The van der Waals surface area contributed by atoms with Gasteiger partial charge in [-0.15, -0.1) is 0 Å². The monoisotopic (exact) mass is 378 g/mol. The van der Waals surface area contributed by atoms with Crippen LogP contribution in [0.5, 0.6) is 11.5 Å². The minimum atomic E-state index is -0.273. The van der Waals surface area contributed by atoms with Crippen molar-refractivity contribution in [3.8, 4) is 11.5 Å². The van der Waals surface area contributed by atoms with Gasteiger partial charge in [-0.25, -0.2) is 0 Å². The summed E-state index contributed by atoms with van der Waals surface area (Å²) >= 11 is 0. The summed E-state index contributed by atoms with van der Waals surface area (Å²) in [6.07, 6.45) is 0. The van der Waals surface area contributed by atoms with Crippen LogP contribution in [0, 0.1) is 0 Å². The van der Waals surface area contributed by atoms with Gasteiger partial charge < -0.3 is 25.0 Å². The van der Waals surface area contributed by atoms with Crippen LogP contribution in [0.2, 0.25) is 0 Å². The molecule has 1 aromatic carbocycles. The first-order valence-corrected chi connectivity index (χ1v) is 9.51. The summed E-state index contributed by atoms with van der Waals surface area (Å²) in [5, 5.41) is 5.94. The predicted octanol–water partition coefficient (Wildman–Crippen LogP) is 0.455. The lowest BCUT2D eigenvalue weighted by Crippen LogP contribution is -3.14. The van der Waals surface area contributed by atoms with Crippen molar-refractivity contribution in [1.82, 2.24) is 10.6 Å². The third-order valence-electron chi connectivity index (χ3n) is 4.28. The Morgan fingerprint density at radius 1 is 1.11 bits per heavy atom. The summed E-state index contributed by atoms with van der Waals surface area (Å²) in [4.78, 5) is 25.5. The van der Waals surface area contributed by atoms with E-state index in [1.807, 2.05) is 52.8 Å². The highest BCUT2D eigenvalue weighted by molar-refractivity contribution is 5.79.